The minimum atomic E-state index is -2.08. The van der Waals surface area contributed by atoms with Crippen molar-refractivity contribution in [1.82, 2.24) is 0 Å². The molecule has 2 rings (SSSR count). The van der Waals surface area contributed by atoms with Crippen molar-refractivity contribution < 1.29 is 23.5 Å². The number of ether oxygens (including phenoxy) is 2. The highest BCUT2D eigenvalue weighted by atomic mass is 35.5. The van der Waals surface area contributed by atoms with Crippen LogP contribution in [-0.2, 0) is 18.3 Å². The summed E-state index contributed by atoms with van der Waals surface area (Å²) in [6.45, 7) is 27.4. The standard InChI is InChI=1S/C32H58ClNO5Si2/c1-13-41(14-2,15-3)39-32(10,21-23(4)29(33)34-35)28-25(6)27(24(5)22-36-40(11,12)31(7,8)9)37-30(38-28)26-19-17-16-18-20-26/h16-20,23-25,27-28,30,35H,13-15,21-22H2,1-12H3/b34-29+/t23-,24+,25+,27-,28-,30-,32-/m1/s1. The van der Waals surface area contributed by atoms with Gasteiger partial charge in [-0.15, -0.1) is 0 Å². The highest BCUT2D eigenvalue weighted by Gasteiger charge is 2.52. The third kappa shape index (κ3) is 8.90. The molecule has 0 unspecified atom stereocenters. The van der Waals surface area contributed by atoms with Crippen molar-refractivity contribution in [2.45, 2.75) is 136 Å². The van der Waals surface area contributed by atoms with Crippen LogP contribution in [0.25, 0.3) is 0 Å². The lowest BCUT2D eigenvalue weighted by atomic mass is 9.77. The number of rotatable bonds is 14. The molecular formula is C32H58ClNO5Si2. The molecular weight excluding hydrogens is 570 g/mol. The maximum Gasteiger partial charge on any atom is 0.192 e. The van der Waals surface area contributed by atoms with Crippen LogP contribution >= 0.6 is 11.6 Å². The highest BCUT2D eigenvalue weighted by molar-refractivity contribution is 6.74. The molecule has 7 atom stereocenters. The zero-order chi connectivity index (χ0) is 31.2. The van der Waals surface area contributed by atoms with E-state index >= 15 is 0 Å². The summed E-state index contributed by atoms with van der Waals surface area (Å²) in [7, 11) is -4.01. The van der Waals surface area contributed by atoms with E-state index < -0.39 is 28.5 Å². The van der Waals surface area contributed by atoms with Crippen LogP contribution in [-0.4, -0.2) is 51.4 Å². The first-order valence-corrected chi connectivity index (χ1v) is 21.4. The summed E-state index contributed by atoms with van der Waals surface area (Å²) in [6, 6.07) is 13.2. The normalized spacial score (nSPS) is 25.9. The van der Waals surface area contributed by atoms with Crippen LogP contribution in [0.1, 0.15) is 87.5 Å². The molecule has 1 aromatic carbocycles. The van der Waals surface area contributed by atoms with Gasteiger partial charge < -0.3 is 23.5 Å². The van der Waals surface area contributed by atoms with Gasteiger partial charge in [-0.1, -0.05) is 109 Å². The molecule has 1 saturated heterocycles. The first kappa shape index (κ1) is 36.4. The average molecular weight is 628 g/mol. The second kappa shape index (κ2) is 14.8. The minimum absolute atomic E-state index is 0.0206. The van der Waals surface area contributed by atoms with Crippen molar-refractivity contribution in [3.8, 4) is 0 Å². The second-order valence-corrected chi connectivity index (χ2v) is 23.9. The first-order valence-electron chi connectivity index (χ1n) is 15.6. The molecule has 0 saturated carbocycles. The summed E-state index contributed by atoms with van der Waals surface area (Å²) in [5, 5.41) is 13.1. The fourth-order valence-corrected chi connectivity index (χ4v) is 10.3. The summed E-state index contributed by atoms with van der Waals surface area (Å²) >= 11 is 6.37. The lowest BCUT2D eigenvalue weighted by Gasteiger charge is -2.53. The van der Waals surface area contributed by atoms with Gasteiger partial charge >= 0.3 is 0 Å². The third-order valence-corrected chi connectivity index (χ3v) is 19.6. The molecule has 0 bridgehead atoms. The van der Waals surface area contributed by atoms with Crippen LogP contribution in [0, 0.1) is 17.8 Å². The fourth-order valence-electron chi connectivity index (χ4n) is 5.97. The number of benzene rings is 1. The van der Waals surface area contributed by atoms with Gasteiger partial charge in [0.15, 0.2) is 22.9 Å². The third-order valence-electron chi connectivity index (χ3n) is 9.89. The van der Waals surface area contributed by atoms with Crippen molar-refractivity contribution in [1.29, 1.82) is 0 Å². The number of oxime groups is 1. The SMILES string of the molecule is CC[Si](CC)(CC)O[C@](C)(C[C@@H](C)/C(Cl)=N\O)[C@@H]1O[C@H](c2ccccc2)O[C@H]([C@@H](C)CO[Si](C)(C)C(C)(C)C)[C@@H]1C. The summed E-state index contributed by atoms with van der Waals surface area (Å²) < 4.78 is 27.8. The molecule has 1 aliphatic heterocycles. The number of hydrogen-bond acceptors (Lipinski definition) is 6. The predicted octanol–water partition coefficient (Wildman–Crippen LogP) is 9.60. The summed E-state index contributed by atoms with van der Waals surface area (Å²) in [6.07, 6.45) is -0.337. The molecule has 1 aliphatic rings. The van der Waals surface area contributed by atoms with Crippen LogP contribution in [0.15, 0.2) is 35.5 Å². The Morgan fingerprint density at radius 3 is 2.07 bits per heavy atom. The van der Waals surface area contributed by atoms with E-state index in [1.807, 2.05) is 25.1 Å². The van der Waals surface area contributed by atoms with E-state index in [1.54, 1.807) is 0 Å². The van der Waals surface area contributed by atoms with Crippen molar-refractivity contribution in [2.75, 3.05) is 6.61 Å². The maximum atomic E-state index is 9.48. The van der Waals surface area contributed by atoms with E-state index in [0.29, 0.717) is 13.0 Å². The van der Waals surface area contributed by atoms with Gasteiger partial charge in [0.1, 0.15) is 5.17 Å². The van der Waals surface area contributed by atoms with Crippen molar-refractivity contribution in [2.24, 2.45) is 22.9 Å². The van der Waals surface area contributed by atoms with Gasteiger partial charge in [0.05, 0.1) is 17.8 Å². The number of halogens is 1. The van der Waals surface area contributed by atoms with Gasteiger partial charge in [-0.3, -0.25) is 0 Å². The molecule has 0 aromatic heterocycles. The summed E-state index contributed by atoms with van der Waals surface area (Å²) in [5.41, 5.74) is 0.315. The van der Waals surface area contributed by atoms with Crippen LogP contribution in [0.4, 0.5) is 0 Å². The topological polar surface area (TPSA) is 69.5 Å². The zero-order valence-electron chi connectivity index (χ0n) is 27.8. The Hall–Kier alpha value is -0.746. The average Bonchev–Trinajstić information content (AvgIpc) is 2.94. The van der Waals surface area contributed by atoms with Gasteiger partial charge in [0.2, 0.25) is 0 Å². The van der Waals surface area contributed by atoms with Gasteiger partial charge in [0, 0.05) is 29.9 Å². The largest absolute Gasteiger partial charge is 0.416 e. The van der Waals surface area contributed by atoms with Crippen LogP contribution in [0.3, 0.4) is 0 Å². The molecule has 6 nitrogen and oxygen atoms in total. The van der Waals surface area contributed by atoms with Gasteiger partial charge in [0.25, 0.3) is 0 Å². The molecule has 0 radical (unpaired) electrons. The Labute approximate surface area is 257 Å². The molecule has 0 amide bonds. The van der Waals surface area contributed by atoms with E-state index in [1.165, 1.54) is 0 Å². The quantitative estimate of drug-likeness (QED) is 0.0962. The van der Waals surface area contributed by atoms with Gasteiger partial charge in [-0.25, -0.2) is 0 Å². The summed E-state index contributed by atoms with van der Waals surface area (Å²) in [5.74, 6) is -0.0330. The number of nitrogens with zero attached hydrogens (tertiary/aromatic N) is 1. The van der Waals surface area contributed by atoms with Crippen molar-refractivity contribution >= 4 is 33.4 Å². The Balaban J connectivity index is 2.56. The predicted molar refractivity (Wildman–Crippen MR) is 176 cm³/mol. The fraction of sp³-hybridized carbons (Fsp3) is 0.781. The molecule has 1 N–H and O–H groups in total. The highest BCUT2D eigenvalue weighted by Crippen LogP contribution is 2.46. The van der Waals surface area contributed by atoms with Crippen LogP contribution < -0.4 is 0 Å². The number of hydrogen-bond donors (Lipinski definition) is 1. The van der Waals surface area contributed by atoms with Gasteiger partial charge in [-0.2, -0.15) is 0 Å². The second-order valence-electron chi connectivity index (χ2n) is 14.0. The van der Waals surface area contributed by atoms with E-state index in [0.717, 1.165) is 23.7 Å². The lowest BCUT2D eigenvalue weighted by molar-refractivity contribution is -0.310. The minimum Gasteiger partial charge on any atom is -0.416 e. The monoisotopic (exact) mass is 627 g/mol. The molecule has 0 aliphatic carbocycles. The maximum absolute atomic E-state index is 9.48. The molecule has 41 heavy (non-hydrogen) atoms. The molecule has 1 fully saturated rings. The molecule has 0 spiro atoms. The first-order chi connectivity index (χ1) is 19.0. The van der Waals surface area contributed by atoms with E-state index in [2.05, 4.69) is 92.7 Å². The molecule has 9 heteroatoms. The zero-order valence-corrected chi connectivity index (χ0v) is 30.5. The molecule has 1 aromatic rings. The summed E-state index contributed by atoms with van der Waals surface area (Å²) in [4.78, 5) is 0. The Kier molecular flexibility index (Phi) is 13.2. The Bertz CT molecular complexity index is 960. The van der Waals surface area contributed by atoms with E-state index in [4.69, 9.17) is 29.9 Å². The Morgan fingerprint density at radius 1 is 1.02 bits per heavy atom. The molecule has 236 valence electrons. The van der Waals surface area contributed by atoms with Crippen molar-refractivity contribution in [3.63, 3.8) is 0 Å². The van der Waals surface area contributed by atoms with Gasteiger partial charge in [-0.05, 0) is 49.6 Å². The smallest absolute Gasteiger partial charge is 0.192 e. The van der Waals surface area contributed by atoms with Crippen molar-refractivity contribution in [3.05, 3.63) is 35.9 Å². The van der Waals surface area contributed by atoms with Crippen LogP contribution in [0.2, 0.25) is 36.3 Å². The lowest BCUT2D eigenvalue weighted by Crippen LogP contribution is -2.60. The molecule has 1 heterocycles. The van der Waals surface area contributed by atoms with Crippen LogP contribution in [0.5, 0.6) is 0 Å². The Morgan fingerprint density at radius 2 is 1.59 bits per heavy atom. The van der Waals surface area contributed by atoms with E-state index in [-0.39, 0.29) is 40.2 Å². The van der Waals surface area contributed by atoms with E-state index in [9.17, 15) is 5.21 Å².